The van der Waals surface area contributed by atoms with Crippen molar-refractivity contribution in [3.63, 3.8) is 0 Å². The van der Waals surface area contributed by atoms with Crippen molar-refractivity contribution in [2.75, 3.05) is 11.9 Å². The summed E-state index contributed by atoms with van der Waals surface area (Å²) in [7, 11) is 0. The Bertz CT molecular complexity index is 415. The van der Waals surface area contributed by atoms with E-state index in [1.165, 1.54) is 0 Å². The van der Waals surface area contributed by atoms with Gasteiger partial charge in [0, 0.05) is 12.1 Å². The van der Waals surface area contributed by atoms with Crippen LogP contribution in [0.15, 0.2) is 18.2 Å². The third-order valence-corrected chi connectivity index (χ3v) is 3.60. The van der Waals surface area contributed by atoms with Crippen molar-refractivity contribution in [1.82, 2.24) is 0 Å². The van der Waals surface area contributed by atoms with E-state index in [9.17, 15) is 4.79 Å². The Morgan fingerprint density at radius 3 is 2.68 bits per heavy atom. The van der Waals surface area contributed by atoms with Gasteiger partial charge in [0.05, 0.1) is 0 Å². The Hall–Kier alpha value is -1.35. The summed E-state index contributed by atoms with van der Waals surface area (Å²) in [6.07, 6.45) is 3.59. The molecule has 0 saturated carbocycles. The van der Waals surface area contributed by atoms with Crippen molar-refractivity contribution >= 4 is 11.6 Å². The Kier molecular flexibility index (Phi) is 6.57. The van der Waals surface area contributed by atoms with Gasteiger partial charge in [-0.1, -0.05) is 25.5 Å². The number of hydrogen-bond donors (Lipinski definition) is 2. The molecule has 1 aromatic carbocycles. The van der Waals surface area contributed by atoms with Gasteiger partial charge in [0.2, 0.25) is 5.91 Å². The Labute approximate surface area is 116 Å². The highest BCUT2D eigenvalue weighted by Crippen LogP contribution is 2.18. The van der Waals surface area contributed by atoms with Gasteiger partial charge in [-0.3, -0.25) is 4.79 Å². The molecule has 1 amide bonds. The molecule has 0 aliphatic heterocycles. The van der Waals surface area contributed by atoms with E-state index in [4.69, 9.17) is 5.73 Å². The topological polar surface area (TPSA) is 55.1 Å². The molecule has 0 saturated heterocycles. The standard InChI is InChI=1S/C16H26N2O/c1-4-14(9-10-17)7-8-16(19)18-15-11-12(2)5-6-13(15)3/h5-6,11,14H,4,7-10,17H2,1-3H3,(H,18,19). The summed E-state index contributed by atoms with van der Waals surface area (Å²) >= 11 is 0. The summed E-state index contributed by atoms with van der Waals surface area (Å²) < 4.78 is 0. The number of hydrogen-bond acceptors (Lipinski definition) is 2. The molecular formula is C16H26N2O. The maximum atomic E-state index is 12.0. The van der Waals surface area contributed by atoms with Gasteiger partial charge in [-0.05, 0) is 56.3 Å². The number of rotatable bonds is 7. The molecule has 0 radical (unpaired) electrons. The molecule has 0 bridgehead atoms. The number of nitrogens with two attached hydrogens (primary N) is 1. The zero-order valence-corrected chi connectivity index (χ0v) is 12.3. The van der Waals surface area contributed by atoms with Gasteiger partial charge in [-0.25, -0.2) is 0 Å². The molecule has 106 valence electrons. The lowest BCUT2D eigenvalue weighted by atomic mass is 9.96. The first-order valence-electron chi connectivity index (χ1n) is 7.14. The van der Waals surface area contributed by atoms with E-state index in [1.807, 2.05) is 26.0 Å². The Morgan fingerprint density at radius 1 is 1.32 bits per heavy atom. The molecule has 0 heterocycles. The lowest BCUT2D eigenvalue weighted by Crippen LogP contribution is -2.15. The van der Waals surface area contributed by atoms with E-state index in [-0.39, 0.29) is 5.91 Å². The first kappa shape index (κ1) is 15.7. The predicted molar refractivity (Wildman–Crippen MR) is 81.2 cm³/mol. The highest BCUT2D eigenvalue weighted by molar-refractivity contribution is 5.91. The number of carbonyl (C=O) groups excluding carboxylic acids is 1. The van der Waals surface area contributed by atoms with Gasteiger partial charge >= 0.3 is 0 Å². The maximum Gasteiger partial charge on any atom is 0.224 e. The van der Waals surface area contributed by atoms with Crippen molar-refractivity contribution in [2.45, 2.75) is 46.5 Å². The van der Waals surface area contributed by atoms with Crippen molar-refractivity contribution in [2.24, 2.45) is 11.7 Å². The van der Waals surface area contributed by atoms with Gasteiger partial charge in [-0.15, -0.1) is 0 Å². The third-order valence-electron chi connectivity index (χ3n) is 3.60. The lowest BCUT2D eigenvalue weighted by molar-refractivity contribution is -0.116. The normalized spacial score (nSPS) is 12.2. The molecule has 3 nitrogen and oxygen atoms in total. The molecule has 1 aromatic rings. The summed E-state index contributed by atoms with van der Waals surface area (Å²) in [4.78, 5) is 12.0. The summed E-state index contributed by atoms with van der Waals surface area (Å²) in [5.41, 5.74) is 8.77. The van der Waals surface area contributed by atoms with Crippen LogP contribution in [-0.2, 0) is 4.79 Å². The van der Waals surface area contributed by atoms with Crippen molar-refractivity contribution in [3.8, 4) is 0 Å². The van der Waals surface area contributed by atoms with Gasteiger partial charge in [-0.2, -0.15) is 0 Å². The molecule has 0 fully saturated rings. The average molecular weight is 262 g/mol. The van der Waals surface area contributed by atoms with Gasteiger partial charge < -0.3 is 11.1 Å². The SMILES string of the molecule is CCC(CCN)CCC(=O)Nc1cc(C)ccc1C. The Balaban J connectivity index is 2.48. The quantitative estimate of drug-likeness (QED) is 0.791. The smallest absolute Gasteiger partial charge is 0.224 e. The first-order valence-corrected chi connectivity index (χ1v) is 7.14. The highest BCUT2D eigenvalue weighted by atomic mass is 16.1. The molecular weight excluding hydrogens is 236 g/mol. The monoisotopic (exact) mass is 262 g/mol. The van der Waals surface area contributed by atoms with Crippen molar-refractivity contribution < 1.29 is 4.79 Å². The summed E-state index contributed by atoms with van der Waals surface area (Å²) in [6.45, 7) is 6.90. The molecule has 3 heteroatoms. The molecule has 19 heavy (non-hydrogen) atoms. The van der Waals surface area contributed by atoms with E-state index in [0.29, 0.717) is 18.9 Å². The summed E-state index contributed by atoms with van der Waals surface area (Å²) in [5, 5.41) is 3.00. The molecule has 0 aromatic heterocycles. The number of amides is 1. The molecule has 1 unspecified atom stereocenters. The van der Waals surface area contributed by atoms with Crippen LogP contribution in [0.4, 0.5) is 5.69 Å². The highest BCUT2D eigenvalue weighted by Gasteiger charge is 2.10. The molecule has 0 aliphatic rings. The zero-order chi connectivity index (χ0) is 14.3. The van der Waals surface area contributed by atoms with Crippen LogP contribution in [0.25, 0.3) is 0 Å². The molecule has 3 N–H and O–H groups in total. The lowest BCUT2D eigenvalue weighted by Gasteiger charge is -2.14. The Morgan fingerprint density at radius 2 is 2.05 bits per heavy atom. The van der Waals surface area contributed by atoms with Gasteiger partial charge in [0.25, 0.3) is 0 Å². The summed E-state index contributed by atoms with van der Waals surface area (Å²) in [5.74, 6) is 0.665. The summed E-state index contributed by atoms with van der Waals surface area (Å²) in [6, 6.07) is 6.11. The fraction of sp³-hybridized carbons (Fsp3) is 0.562. The number of aryl methyl sites for hydroxylation is 2. The fourth-order valence-corrected chi connectivity index (χ4v) is 2.21. The van der Waals surface area contributed by atoms with E-state index in [2.05, 4.69) is 18.3 Å². The van der Waals surface area contributed by atoms with Crippen LogP contribution in [0.5, 0.6) is 0 Å². The van der Waals surface area contributed by atoms with Crippen LogP contribution in [0.2, 0.25) is 0 Å². The van der Waals surface area contributed by atoms with Gasteiger partial charge in [0.15, 0.2) is 0 Å². The van der Waals surface area contributed by atoms with Crippen LogP contribution in [0.3, 0.4) is 0 Å². The maximum absolute atomic E-state index is 12.0. The van der Waals surface area contributed by atoms with E-state index < -0.39 is 0 Å². The van der Waals surface area contributed by atoms with E-state index >= 15 is 0 Å². The second-order valence-electron chi connectivity index (χ2n) is 5.26. The average Bonchev–Trinajstić information content (AvgIpc) is 2.39. The third kappa shape index (κ3) is 5.43. The molecule has 1 rings (SSSR count). The molecule has 1 atom stereocenters. The van der Waals surface area contributed by atoms with E-state index in [0.717, 1.165) is 36.1 Å². The minimum absolute atomic E-state index is 0.101. The minimum Gasteiger partial charge on any atom is -0.330 e. The van der Waals surface area contributed by atoms with Crippen molar-refractivity contribution in [3.05, 3.63) is 29.3 Å². The number of nitrogens with one attached hydrogen (secondary N) is 1. The van der Waals surface area contributed by atoms with Crippen LogP contribution in [0.1, 0.15) is 43.7 Å². The zero-order valence-electron chi connectivity index (χ0n) is 12.3. The van der Waals surface area contributed by atoms with Gasteiger partial charge in [0.1, 0.15) is 0 Å². The molecule has 0 spiro atoms. The van der Waals surface area contributed by atoms with Crippen LogP contribution in [-0.4, -0.2) is 12.5 Å². The second-order valence-corrected chi connectivity index (χ2v) is 5.26. The van der Waals surface area contributed by atoms with Crippen LogP contribution >= 0.6 is 0 Å². The molecule has 0 aliphatic carbocycles. The predicted octanol–water partition coefficient (Wildman–Crippen LogP) is 3.40. The second kappa shape index (κ2) is 7.95. The first-order chi connectivity index (χ1) is 9.06. The van der Waals surface area contributed by atoms with E-state index in [1.54, 1.807) is 0 Å². The number of anilines is 1. The van der Waals surface area contributed by atoms with Crippen LogP contribution in [0, 0.1) is 19.8 Å². The largest absolute Gasteiger partial charge is 0.330 e. The number of carbonyl (C=O) groups is 1. The number of benzene rings is 1. The fourth-order valence-electron chi connectivity index (χ4n) is 2.21. The minimum atomic E-state index is 0.101. The van der Waals surface area contributed by atoms with Crippen molar-refractivity contribution in [1.29, 1.82) is 0 Å². The van der Waals surface area contributed by atoms with Crippen LogP contribution < -0.4 is 11.1 Å².